The van der Waals surface area contributed by atoms with Crippen LogP contribution in [0.25, 0.3) is 10.9 Å². The Morgan fingerprint density at radius 1 is 1.17 bits per heavy atom. The maximum absolute atomic E-state index is 13.1. The second kappa shape index (κ2) is 9.80. The molecule has 3 aromatic rings. The Kier molecular flexibility index (Phi) is 7.15. The van der Waals surface area contributed by atoms with Crippen LogP contribution in [0.3, 0.4) is 0 Å². The van der Waals surface area contributed by atoms with Gasteiger partial charge in [0.2, 0.25) is 5.91 Å². The lowest BCUT2D eigenvalue weighted by molar-refractivity contribution is -0.120. The van der Waals surface area contributed by atoms with Crippen molar-refractivity contribution in [1.82, 2.24) is 14.9 Å². The lowest BCUT2D eigenvalue weighted by atomic mass is 10.2. The molecule has 1 N–H and O–H groups in total. The molecular weight excluding hydrogens is 398 g/mol. The minimum Gasteiger partial charge on any atom is -0.496 e. The number of thioether (sulfide) groups is 1. The van der Waals surface area contributed by atoms with Crippen molar-refractivity contribution in [3.05, 3.63) is 64.4 Å². The zero-order valence-electron chi connectivity index (χ0n) is 17.7. The first-order valence-corrected chi connectivity index (χ1v) is 10.9. The molecule has 0 saturated heterocycles. The van der Waals surface area contributed by atoms with E-state index in [0.29, 0.717) is 22.6 Å². The van der Waals surface area contributed by atoms with E-state index in [-0.39, 0.29) is 17.5 Å². The van der Waals surface area contributed by atoms with Crippen molar-refractivity contribution >= 4 is 28.6 Å². The number of para-hydroxylation sites is 2. The van der Waals surface area contributed by atoms with E-state index in [4.69, 9.17) is 9.72 Å². The number of amides is 1. The molecule has 0 unspecified atom stereocenters. The first-order valence-electron chi connectivity index (χ1n) is 10.0. The quantitative estimate of drug-likeness (QED) is 0.433. The third-order valence-corrected chi connectivity index (χ3v) is 6.17. The fourth-order valence-corrected chi connectivity index (χ4v) is 4.20. The van der Waals surface area contributed by atoms with Gasteiger partial charge in [-0.3, -0.25) is 14.2 Å². The number of hydrogen-bond acceptors (Lipinski definition) is 5. The molecule has 0 radical (unpaired) electrons. The monoisotopic (exact) mass is 425 g/mol. The topological polar surface area (TPSA) is 73.2 Å². The Morgan fingerprint density at radius 3 is 2.60 bits per heavy atom. The van der Waals surface area contributed by atoms with Crippen LogP contribution in [0.1, 0.15) is 38.8 Å². The van der Waals surface area contributed by atoms with E-state index in [1.807, 2.05) is 63.2 Å². The molecule has 2 atom stereocenters. The molecule has 1 amide bonds. The average Bonchev–Trinajstić information content (AvgIpc) is 2.77. The Morgan fingerprint density at radius 2 is 1.87 bits per heavy atom. The number of methoxy groups -OCH3 is 1. The van der Waals surface area contributed by atoms with Gasteiger partial charge in [0, 0.05) is 18.2 Å². The largest absolute Gasteiger partial charge is 0.496 e. The normalized spacial score (nSPS) is 13.1. The summed E-state index contributed by atoms with van der Waals surface area (Å²) in [6.45, 7) is 6.22. The molecule has 0 bridgehead atoms. The van der Waals surface area contributed by atoms with Crippen LogP contribution in [-0.4, -0.2) is 27.8 Å². The van der Waals surface area contributed by atoms with E-state index in [0.717, 1.165) is 17.7 Å². The molecule has 0 saturated carbocycles. The van der Waals surface area contributed by atoms with Crippen molar-refractivity contribution in [1.29, 1.82) is 0 Å². The maximum atomic E-state index is 13.1. The van der Waals surface area contributed by atoms with Crippen LogP contribution in [-0.2, 0) is 11.3 Å². The average molecular weight is 426 g/mol. The number of carbonyl (C=O) groups excluding carboxylic acids is 1. The first kappa shape index (κ1) is 21.9. The molecule has 6 nitrogen and oxygen atoms in total. The van der Waals surface area contributed by atoms with Gasteiger partial charge in [-0.2, -0.15) is 0 Å². The van der Waals surface area contributed by atoms with Gasteiger partial charge in [-0.1, -0.05) is 49.0 Å². The Labute approximate surface area is 180 Å². The Bertz CT molecular complexity index is 1100. The predicted molar refractivity (Wildman–Crippen MR) is 121 cm³/mol. The second-order valence-electron chi connectivity index (χ2n) is 7.13. The van der Waals surface area contributed by atoms with Gasteiger partial charge in [0.05, 0.1) is 23.3 Å². The summed E-state index contributed by atoms with van der Waals surface area (Å²) in [5.41, 5.74) is 1.48. The lowest BCUT2D eigenvalue weighted by Gasteiger charge is -2.20. The molecule has 0 aliphatic heterocycles. The third kappa shape index (κ3) is 4.67. The molecule has 158 valence electrons. The molecule has 0 spiro atoms. The van der Waals surface area contributed by atoms with Crippen molar-refractivity contribution in [2.75, 3.05) is 7.11 Å². The van der Waals surface area contributed by atoms with E-state index in [1.165, 1.54) is 11.8 Å². The highest BCUT2D eigenvalue weighted by Crippen LogP contribution is 2.26. The Hall–Kier alpha value is -2.80. The van der Waals surface area contributed by atoms with Gasteiger partial charge in [-0.25, -0.2) is 4.98 Å². The van der Waals surface area contributed by atoms with Crippen molar-refractivity contribution in [2.24, 2.45) is 0 Å². The van der Waals surface area contributed by atoms with Gasteiger partial charge >= 0.3 is 0 Å². The van der Waals surface area contributed by atoms with Gasteiger partial charge in [-0.15, -0.1) is 0 Å². The standard InChI is InChI=1S/C23H27N3O3S/c1-5-15(2)26-22(28)18-11-7-8-12-19(18)25-23(26)30-16(3)21(27)24-14-17-10-6-9-13-20(17)29-4/h6-13,15-16H,5,14H2,1-4H3,(H,24,27)/t15-,16-/m0/s1. The summed E-state index contributed by atoms with van der Waals surface area (Å²) >= 11 is 1.30. The van der Waals surface area contributed by atoms with Crippen molar-refractivity contribution in [3.8, 4) is 5.75 Å². The molecule has 1 aromatic heterocycles. The zero-order valence-corrected chi connectivity index (χ0v) is 18.5. The molecule has 2 aromatic carbocycles. The minimum atomic E-state index is -0.414. The Balaban J connectivity index is 1.82. The van der Waals surface area contributed by atoms with Gasteiger partial charge in [0.1, 0.15) is 5.75 Å². The van der Waals surface area contributed by atoms with Gasteiger partial charge in [0.25, 0.3) is 5.56 Å². The van der Waals surface area contributed by atoms with Gasteiger partial charge in [-0.05, 0) is 38.5 Å². The van der Waals surface area contributed by atoms with Crippen LogP contribution < -0.4 is 15.6 Å². The first-order chi connectivity index (χ1) is 14.5. The smallest absolute Gasteiger partial charge is 0.262 e. The summed E-state index contributed by atoms with van der Waals surface area (Å²) < 4.78 is 7.04. The number of nitrogens with one attached hydrogen (secondary N) is 1. The van der Waals surface area contributed by atoms with Crippen LogP contribution in [0.2, 0.25) is 0 Å². The lowest BCUT2D eigenvalue weighted by Crippen LogP contribution is -2.32. The molecule has 0 aliphatic carbocycles. The van der Waals surface area contributed by atoms with Crippen LogP contribution >= 0.6 is 11.8 Å². The highest BCUT2D eigenvalue weighted by atomic mass is 32.2. The molecule has 0 fully saturated rings. The minimum absolute atomic E-state index is 0.0130. The number of hydrogen-bond donors (Lipinski definition) is 1. The predicted octanol–water partition coefficient (Wildman–Crippen LogP) is 4.17. The summed E-state index contributed by atoms with van der Waals surface area (Å²) in [6, 6.07) is 14.9. The van der Waals surface area contributed by atoms with Crippen LogP contribution in [0.5, 0.6) is 5.75 Å². The third-order valence-electron chi connectivity index (χ3n) is 5.10. The van der Waals surface area contributed by atoms with E-state index < -0.39 is 5.25 Å². The highest BCUT2D eigenvalue weighted by molar-refractivity contribution is 8.00. The number of fused-ring (bicyclic) bond motifs is 1. The summed E-state index contributed by atoms with van der Waals surface area (Å²) in [6.07, 6.45) is 0.794. The molecular formula is C23H27N3O3S. The molecule has 30 heavy (non-hydrogen) atoms. The number of nitrogens with zero attached hydrogens (tertiary/aromatic N) is 2. The fourth-order valence-electron chi connectivity index (χ4n) is 3.17. The number of rotatable bonds is 8. The van der Waals surface area contributed by atoms with Crippen LogP contribution in [0.15, 0.2) is 58.5 Å². The summed E-state index contributed by atoms with van der Waals surface area (Å²) in [4.78, 5) is 30.5. The number of aromatic nitrogens is 2. The summed E-state index contributed by atoms with van der Waals surface area (Å²) in [5.74, 6) is 0.615. The summed E-state index contributed by atoms with van der Waals surface area (Å²) in [7, 11) is 1.61. The number of benzene rings is 2. The van der Waals surface area contributed by atoms with Crippen LogP contribution in [0.4, 0.5) is 0 Å². The second-order valence-corrected chi connectivity index (χ2v) is 8.44. The van der Waals surface area contributed by atoms with E-state index in [9.17, 15) is 9.59 Å². The fraction of sp³-hybridized carbons (Fsp3) is 0.348. The molecule has 3 rings (SSSR count). The van der Waals surface area contributed by atoms with Crippen molar-refractivity contribution in [2.45, 2.75) is 50.2 Å². The van der Waals surface area contributed by atoms with Crippen LogP contribution in [0, 0.1) is 0 Å². The van der Waals surface area contributed by atoms with Gasteiger partial charge < -0.3 is 10.1 Å². The van der Waals surface area contributed by atoms with E-state index in [1.54, 1.807) is 17.7 Å². The van der Waals surface area contributed by atoms with Gasteiger partial charge in [0.15, 0.2) is 5.16 Å². The number of ether oxygens (including phenoxy) is 1. The molecule has 7 heteroatoms. The molecule has 0 aliphatic rings. The SMILES string of the molecule is CC[C@H](C)n1c(S[C@@H](C)C(=O)NCc2ccccc2OC)nc2ccccc2c1=O. The summed E-state index contributed by atoms with van der Waals surface area (Å²) in [5, 5.41) is 3.70. The van der Waals surface area contributed by atoms with E-state index in [2.05, 4.69) is 5.32 Å². The maximum Gasteiger partial charge on any atom is 0.262 e. The van der Waals surface area contributed by atoms with Crippen molar-refractivity contribution < 1.29 is 9.53 Å². The highest BCUT2D eigenvalue weighted by Gasteiger charge is 2.21. The van der Waals surface area contributed by atoms with Crippen molar-refractivity contribution in [3.63, 3.8) is 0 Å². The van der Waals surface area contributed by atoms with E-state index >= 15 is 0 Å². The number of carbonyl (C=O) groups is 1. The zero-order chi connectivity index (χ0) is 21.7. The molecule has 1 heterocycles.